The van der Waals surface area contributed by atoms with E-state index in [1.165, 1.54) is 11.3 Å². The fourth-order valence-corrected chi connectivity index (χ4v) is 3.16. The van der Waals surface area contributed by atoms with Crippen LogP contribution in [-0.2, 0) is 6.54 Å². The molecule has 3 nitrogen and oxygen atoms in total. The van der Waals surface area contributed by atoms with E-state index in [1.54, 1.807) is 0 Å². The van der Waals surface area contributed by atoms with Gasteiger partial charge in [-0.2, -0.15) is 0 Å². The SMILES string of the molecule is CCNCc1ccc(N2CCCC(C)(O)CC2)cc1Br. The second-order valence-electron chi connectivity index (χ2n) is 5.89. The highest BCUT2D eigenvalue weighted by Crippen LogP contribution is 2.28. The van der Waals surface area contributed by atoms with Crippen molar-refractivity contribution in [1.29, 1.82) is 0 Å². The summed E-state index contributed by atoms with van der Waals surface area (Å²) in [6.45, 7) is 7.89. The smallest absolute Gasteiger partial charge is 0.0637 e. The number of aliphatic hydroxyl groups is 1. The van der Waals surface area contributed by atoms with E-state index in [9.17, 15) is 5.11 Å². The van der Waals surface area contributed by atoms with Gasteiger partial charge in [-0.15, -0.1) is 0 Å². The third-order valence-electron chi connectivity index (χ3n) is 4.03. The van der Waals surface area contributed by atoms with Gasteiger partial charge in [0.05, 0.1) is 5.60 Å². The molecule has 0 amide bonds. The molecule has 0 spiro atoms. The van der Waals surface area contributed by atoms with Crippen molar-refractivity contribution in [2.24, 2.45) is 0 Å². The lowest BCUT2D eigenvalue weighted by Crippen LogP contribution is -2.28. The van der Waals surface area contributed by atoms with Gasteiger partial charge in [0.2, 0.25) is 0 Å². The maximum Gasteiger partial charge on any atom is 0.0637 e. The topological polar surface area (TPSA) is 35.5 Å². The molecule has 0 radical (unpaired) electrons. The quantitative estimate of drug-likeness (QED) is 0.882. The summed E-state index contributed by atoms with van der Waals surface area (Å²) in [6, 6.07) is 6.58. The molecule has 1 unspecified atom stereocenters. The monoisotopic (exact) mass is 340 g/mol. The summed E-state index contributed by atoms with van der Waals surface area (Å²) >= 11 is 3.67. The molecule has 1 saturated heterocycles. The Labute approximate surface area is 130 Å². The van der Waals surface area contributed by atoms with Crippen molar-refractivity contribution in [2.45, 2.75) is 45.3 Å². The average Bonchev–Trinajstić information content (AvgIpc) is 2.58. The largest absolute Gasteiger partial charge is 0.390 e. The molecule has 1 aliphatic heterocycles. The molecule has 0 bridgehead atoms. The van der Waals surface area contributed by atoms with Gasteiger partial charge in [-0.3, -0.25) is 0 Å². The van der Waals surface area contributed by atoms with E-state index in [4.69, 9.17) is 0 Å². The Morgan fingerprint density at radius 3 is 2.85 bits per heavy atom. The predicted molar refractivity (Wildman–Crippen MR) is 88.2 cm³/mol. The molecule has 2 N–H and O–H groups in total. The third-order valence-corrected chi connectivity index (χ3v) is 4.77. The maximum atomic E-state index is 10.2. The second kappa shape index (κ2) is 6.92. The lowest BCUT2D eigenvalue weighted by Gasteiger charge is -2.25. The second-order valence-corrected chi connectivity index (χ2v) is 6.75. The summed E-state index contributed by atoms with van der Waals surface area (Å²) in [5.74, 6) is 0. The summed E-state index contributed by atoms with van der Waals surface area (Å²) in [5.41, 5.74) is 2.03. The molecule has 0 saturated carbocycles. The Kier molecular flexibility index (Phi) is 5.47. The molecule has 0 aliphatic carbocycles. The van der Waals surface area contributed by atoms with Gasteiger partial charge in [0.1, 0.15) is 0 Å². The first-order chi connectivity index (χ1) is 9.52. The standard InChI is InChI=1S/C16H25BrN2O/c1-3-18-12-13-5-6-14(11-15(13)17)19-9-4-7-16(2,20)8-10-19/h5-6,11,18,20H,3-4,7-10,12H2,1-2H3. The minimum atomic E-state index is -0.503. The fourth-order valence-electron chi connectivity index (χ4n) is 2.66. The predicted octanol–water partition coefficient (Wildman–Crippen LogP) is 3.30. The number of hydrogen-bond acceptors (Lipinski definition) is 3. The van der Waals surface area contributed by atoms with Crippen molar-refractivity contribution < 1.29 is 5.11 Å². The Hall–Kier alpha value is -0.580. The van der Waals surface area contributed by atoms with Crippen LogP contribution in [-0.4, -0.2) is 30.3 Å². The summed E-state index contributed by atoms with van der Waals surface area (Å²) in [4.78, 5) is 2.38. The van der Waals surface area contributed by atoms with E-state index in [1.807, 2.05) is 6.92 Å². The highest BCUT2D eigenvalue weighted by atomic mass is 79.9. The molecule has 1 aromatic rings. The Morgan fingerprint density at radius 1 is 1.35 bits per heavy atom. The van der Waals surface area contributed by atoms with Crippen LogP contribution in [0.2, 0.25) is 0 Å². The van der Waals surface area contributed by atoms with Crippen LogP contribution in [0.4, 0.5) is 5.69 Å². The van der Waals surface area contributed by atoms with E-state index >= 15 is 0 Å². The van der Waals surface area contributed by atoms with Crippen molar-refractivity contribution in [2.75, 3.05) is 24.5 Å². The third kappa shape index (κ3) is 4.21. The van der Waals surface area contributed by atoms with Crippen LogP contribution in [0.15, 0.2) is 22.7 Å². The molecule has 20 heavy (non-hydrogen) atoms. The zero-order valence-corrected chi connectivity index (χ0v) is 14.0. The van der Waals surface area contributed by atoms with Gasteiger partial charge in [0.25, 0.3) is 0 Å². The van der Waals surface area contributed by atoms with Crippen molar-refractivity contribution in [3.05, 3.63) is 28.2 Å². The minimum Gasteiger partial charge on any atom is -0.390 e. The number of hydrogen-bond donors (Lipinski definition) is 2. The highest BCUT2D eigenvalue weighted by molar-refractivity contribution is 9.10. The van der Waals surface area contributed by atoms with Crippen LogP contribution >= 0.6 is 15.9 Å². The molecule has 1 atom stereocenters. The van der Waals surface area contributed by atoms with E-state index < -0.39 is 5.60 Å². The lowest BCUT2D eigenvalue weighted by atomic mass is 9.98. The first-order valence-electron chi connectivity index (χ1n) is 7.48. The van der Waals surface area contributed by atoms with E-state index in [2.05, 4.69) is 51.3 Å². The molecule has 1 aliphatic rings. The van der Waals surface area contributed by atoms with Crippen molar-refractivity contribution in [3.8, 4) is 0 Å². The van der Waals surface area contributed by atoms with E-state index in [-0.39, 0.29) is 0 Å². The molecule has 1 aromatic carbocycles. The van der Waals surface area contributed by atoms with Crippen LogP contribution in [0, 0.1) is 0 Å². The number of rotatable bonds is 4. The summed E-state index contributed by atoms with van der Waals surface area (Å²) < 4.78 is 1.16. The van der Waals surface area contributed by atoms with Crippen LogP contribution in [0.5, 0.6) is 0 Å². The van der Waals surface area contributed by atoms with Gasteiger partial charge in [-0.05, 0) is 50.4 Å². The fraction of sp³-hybridized carbons (Fsp3) is 0.625. The Balaban J connectivity index is 2.07. The first-order valence-corrected chi connectivity index (χ1v) is 8.27. The lowest BCUT2D eigenvalue weighted by molar-refractivity contribution is 0.0481. The summed E-state index contributed by atoms with van der Waals surface area (Å²) in [6.07, 6.45) is 2.77. The van der Waals surface area contributed by atoms with Crippen molar-refractivity contribution in [3.63, 3.8) is 0 Å². The van der Waals surface area contributed by atoms with Crippen LogP contribution in [0.1, 0.15) is 38.7 Å². The zero-order chi connectivity index (χ0) is 14.6. The highest BCUT2D eigenvalue weighted by Gasteiger charge is 2.25. The number of halogens is 1. The maximum absolute atomic E-state index is 10.2. The first kappa shape index (κ1) is 15.8. The Morgan fingerprint density at radius 2 is 2.15 bits per heavy atom. The van der Waals surface area contributed by atoms with Crippen LogP contribution < -0.4 is 10.2 Å². The minimum absolute atomic E-state index is 0.503. The number of nitrogens with zero attached hydrogens (tertiary/aromatic N) is 1. The molecule has 1 fully saturated rings. The molecule has 1 heterocycles. The molecular weight excluding hydrogens is 316 g/mol. The average molecular weight is 341 g/mol. The van der Waals surface area contributed by atoms with E-state index in [0.717, 1.165) is 49.9 Å². The van der Waals surface area contributed by atoms with Gasteiger partial charge < -0.3 is 15.3 Å². The molecular formula is C16H25BrN2O. The van der Waals surface area contributed by atoms with Gasteiger partial charge in [0.15, 0.2) is 0 Å². The summed E-state index contributed by atoms with van der Waals surface area (Å²) in [7, 11) is 0. The normalized spacial score (nSPS) is 23.7. The van der Waals surface area contributed by atoms with Crippen LogP contribution in [0.25, 0.3) is 0 Å². The van der Waals surface area contributed by atoms with E-state index in [0.29, 0.717) is 0 Å². The van der Waals surface area contributed by atoms with Crippen molar-refractivity contribution >= 4 is 21.6 Å². The number of nitrogens with one attached hydrogen (secondary N) is 1. The molecule has 112 valence electrons. The number of anilines is 1. The molecule has 4 heteroatoms. The molecule has 0 aromatic heterocycles. The Bertz CT molecular complexity index is 448. The van der Waals surface area contributed by atoms with Gasteiger partial charge in [-0.1, -0.05) is 28.9 Å². The molecule has 2 rings (SSSR count). The van der Waals surface area contributed by atoms with Crippen molar-refractivity contribution in [1.82, 2.24) is 5.32 Å². The zero-order valence-electron chi connectivity index (χ0n) is 12.5. The van der Waals surface area contributed by atoms with Gasteiger partial charge in [-0.25, -0.2) is 0 Å². The summed E-state index contributed by atoms with van der Waals surface area (Å²) in [5, 5.41) is 13.5. The number of benzene rings is 1. The van der Waals surface area contributed by atoms with Gasteiger partial charge >= 0.3 is 0 Å². The van der Waals surface area contributed by atoms with Crippen LogP contribution in [0.3, 0.4) is 0 Å². The van der Waals surface area contributed by atoms with Gasteiger partial charge in [0, 0.05) is 29.8 Å².